The molecule has 0 aliphatic rings. The Morgan fingerprint density at radius 1 is 1.32 bits per heavy atom. The van der Waals surface area contributed by atoms with Gasteiger partial charge in [0.15, 0.2) is 0 Å². The van der Waals surface area contributed by atoms with Crippen molar-refractivity contribution in [1.29, 1.82) is 0 Å². The summed E-state index contributed by atoms with van der Waals surface area (Å²) in [5.74, 6) is -1.31. The van der Waals surface area contributed by atoms with Crippen molar-refractivity contribution in [2.24, 2.45) is 0 Å². The molecule has 0 fully saturated rings. The van der Waals surface area contributed by atoms with E-state index in [1.165, 1.54) is 6.92 Å². The number of halogens is 2. The zero-order chi connectivity index (χ0) is 14.4. The average Bonchev–Trinajstić information content (AvgIpc) is 2.33. The number of rotatable bonds is 6. The van der Waals surface area contributed by atoms with Crippen LogP contribution in [0.15, 0.2) is 18.2 Å². The number of carboxylic acids is 1. The Hall–Kier alpha value is -1.26. The van der Waals surface area contributed by atoms with E-state index in [1.807, 2.05) is 6.07 Å². The molecule has 1 aromatic rings. The Kier molecular flexibility index (Phi) is 6.12. The first-order chi connectivity index (χ1) is 8.90. The summed E-state index contributed by atoms with van der Waals surface area (Å²) in [6.45, 7) is 1.43. The lowest BCUT2D eigenvalue weighted by Gasteiger charge is -2.09. The van der Waals surface area contributed by atoms with Gasteiger partial charge in [-0.25, -0.2) is 0 Å². The van der Waals surface area contributed by atoms with Crippen molar-refractivity contribution in [3.8, 4) is 0 Å². The van der Waals surface area contributed by atoms with Gasteiger partial charge >= 0.3 is 5.97 Å². The molecule has 0 spiro atoms. The molecule has 0 aliphatic heterocycles. The predicted octanol–water partition coefficient (Wildman–Crippen LogP) is 2.91. The van der Waals surface area contributed by atoms with Crippen molar-refractivity contribution >= 4 is 35.1 Å². The summed E-state index contributed by atoms with van der Waals surface area (Å²) in [6, 6.07) is 4.47. The average molecular weight is 304 g/mol. The van der Waals surface area contributed by atoms with Gasteiger partial charge in [-0.05, 0) is 37.5 Å². The van der Waals surface area contributed by atoms with E-state index < -0.39 is 12.0 Å². The van der Waals surface area contributed by atoms with Crippen molar-refractivity contribution in [2.45, 2.75) is 32.2 Å². The molecule has 0 saturated carbocycles. The molecule has 0 heterocycles. The number of amides is 1. The predicted molar refractivity (Wildman–Crippen MR) is 74.6 cm³/mol. The van der Waals surface area contributed by atoms with Crippen molar-refractivity contribution in [2.75, 3.05) is 0 Å². The van der Waals surface area contributed by atoms with Crippen LogP contribution in [-0.2, 0) is 16.0 Å². The quantitative estimate of drug-likeness (QED) is 0.849. The second kappa shape index (κ2) is 7.36. The Balaban J connectivity index is 2.35. The van der Waals surface area contributed by atoms with E-state index >= 15 is 0 Å². The number of aliphatic carboxylic acids is 1. The first-order valence-corrected chi connectivity index (χ1v) is 6.62. The minimum Gasteiger partial charge on any atom is -0.480 e. The monoisotopic (exact) mass is 303 g/mol. The second-order valence-electron chi connectivity index (χ2n) is 4.23. The zero-order valence-electron chi connectivity index (χ0n) is 10.5. The van der Waals surface area contributed by atoms with Crippen LogP contribution < -0.4 is 5.32 Å². The van der Waals surface area contributed by atoms with E-state index in [4.69, 9.17) is 28.3 Å². The fourth-order valence-corrected chi connectivity index (χ4v) is 1.84. The molecule has 4 nitrogen and oxygen atoms in total. The van der Waals surface area contributed by atoms with Crippen LogP contribution in [0.2, 0.25) is 10.0 Å². The Labute approximate surface area is 121 Å². The molecule has 6 heteroatoms. The van der Waals surface area contributed by atoms with Gasteiger partial charge in [-0.1, -0.05) is 29.3 Å². The molecule has 1 rings (SSSR count). The molecule has 0 bridgehead atoms. The molecule has 0 saturated heterocycles. The highest BCUT2D eigenvalue weighted by molar-refractivity contribution is 6.42. The second-order valence-corrected chi connectivity index (χ2v) is 5.04. The Bertz CT molecular complexity index is 477. The summed E-state index contributed by atoms with van der Waals surface area (Å²) >= 11 is 11.7. The van der Waals surface area contributed by atoms with Gasteiger partial charge in [0, 0.05) is 6.42 Å². The van der Waals surface area contributed by atoms with E-state index in [1.54, 1.807) is 12.1 Å². The summed E-state index contributed by atoms with van der Waals surface area (Å²) in [5, 5.41) is 12.0. The molecule has 0 aromatic heterocycles. The molecule has 2 N–H and O–H groups in total. The molecule has 1 atom stereocenters. The number of nitrogens with one attached hydrogen (secondary N) is 1. The summed E-state index contributed by atoms with van der Waals surface area (Å²) in [4.78, 5) is 22.0. The summed E-state index contributed by atoms with van der Waals surface area (Å²) in [5.41, 5.74) is 0.994. The molecule has 1 unspecified atom stereocenters. The number of aryl methyl sites for hydroxylation is 1. The normalized spacial score (nSPS) is 11.9. The Morgan fingerprint density at radius 2 is 2.00 bits per heavy atom. The first kappa shape index (κ1) is 15.8. The van der Waals surface area contributed by atoms with Crippen LogP contribution in [0.5, 0.6) is 0 Å². The maximum Gasteiger partial charge on any atom is 0.325 e. The molecule has 19 heavy (non-hydrogen) atoms. The third kappa shape index (κ3) is 5.49. The van der Waals surface area contributed by atoms with Crippen LogP contribution in [0.1, 0.15) is 25.3 Å². The first-order valence-electron chi connectivity index (χ1n) is 5.86. The van der Waals surface area contributed by atoms with Crippen molar-refractivity contribution in [1.82, 2.24) is 5.32 Å². The van der Waals surface area contributed by atoms with E-state index in [0.717, 1.165) is 5.56 Å². The Morgan fingerprint density at radius 3 is 2.58 bits per heavy atom. The van der Waals surface area contributed by atoms with E-state index in [2.05, 4.69) is 5.32 Å². The van der Waals surface area contributed by atoms with Crippen LogP contribution in [0, 0.1) is 0 Å². The van der Waals surface area contributed by atoms with Crippen molar-refractivity contribution < 1.29 is 14.7 Å². The van der Waals surface area contributed by atoms with Gasteiger partial charge in [0.1, 0.15) is 6.04 Å². The minimum atomic E-state index is -1.04. The van der Waals surface area contributed by atoms with Crippen molar-refractivity contribution in [3.05, 3.63) is 33.8 Å². The summed E-state index contributed by atoms with van der Waals surface area (Å²) < 4.78 is 0. The molecule has 1 amide bonds. The van der Waals surface area contributed by atoms with Gasteiger partial charge in [0.05, 0.1) is 10.0 Å². The van der Waals surface area contributed by atoms with Crippen LogP contribution in [0.4, 0.5) is 0 Å². The van der Waals surface area contributed by atoms with Gasteiger partial charge in [-0.3, -0.25) is 9.59 Å². The molecular weight excluding hydrogens is 289 g/mol. The van der Waals surface area contributed by atoms with Gasteiger partial charge in [0.25, 0.3) is 0 Å². The maximum absolute atomic E-state index is 11.4. The van der Waals surface area contributed by atoms with Crippen LogP contribution in [-0.4, -0.2) is 23.0 Å². The van der Waals surface area contributed by atoms with Gasteiger partial charge in [-0.15, -0.1) is 0 Å². The molecule has 0 radical (unpaired) electrons. The lowest BCUT2D eigenvalue weighted by molar-refractivity contribution is -0.141. The zero-order valence-corrected chi connectivity index (χ0v) is 12.0. The maximum atomic E-state index is 11.4. The smallest absolute Gasteiger partial charge is 0.325 e. The van der Waals surface area contributed by atoms with Crippen molar-refractivity contribution in [3.63, 3.8) is 0 Å². The van der Waals surface area contributed by atoms with E-state index in [9.17, 15) is 9.59 Å². The van der Waals surface area contributed by atoms with Gasteiger partial charge < -0.3 is 10.4 Å². The minimum absolute atomic E-state index is 0.269. The highest BCUT2D eigenvalue weighted by atomic mass is 35.5. The van der Waals surface area contributed by atoms with Crippen LogP contribution in [0.25, 0.3) is 0 Å². The largest absolute Gasteiger partial charge is 0.480 e. The highest BCUT2D eigenvalue weighted by Gasteiger charge is 2.13. The van der Waals surface area contributed by atoms with Crippen LogP contribution >= 0.6 is 23.2 Å². The van der Waals surface area contributed by atoms with Gasteiger partial charge in [0.2, 0.25) is 5.91 Å². The lowest BCUT2D eigenvalue weighted by atomic mass is 10.1. The number of carbonyl (C=O) groups excluding carboxylic acids is 1. The third-order valence-electron chi connectivity index (χ3n) is 2.60. The van der Waals surface area contributed by atoms with E-state index in [0.29, 0.717) is 22.9 Å². The fraction of sp³-hybridized carbons (Fsp3) is 0.385. The fourth-order valence-electron chi connectivity index (χ4n) is 1.52. The number of hydrogen-bond donors (Lipinski definition) is 2. The standard InChI is InChI=1S/C13H15Cl2NO3/c1-8(13(18)19)16-12(17)4-2-3-9-5-6-10(14)11(15)7-9/h5-8H,2-4H2,1H3,(H,16,17)(H,18,19). The number of carboxylic acid groups (broad SMARTS) is 1. The van der Waals surface area contributed by atoms with Gasteiger partial charge in [-0.2, -0.15) is 0 Å². The summed E-state index contributed by atoms with van der Waals surface area (Å²) in [7, 11) is 0. The third-order valence-corrected chi connectivity index (χ3v) is 3.34. The number of benzene rings is 1. The number of carbonyl (C=O) groups is 2. The SMILES string of the molecule is CC(NC(=O)CCCc1ccc(Cl)c(Cl)c1)C(=O)O. The lowest BCUT2D eigenvalue weighted by Crippen LogP contribution is -2.38. The molecule has 104 valence electrons. The summed E-state index contributed by atoms with van der Waals surface area (Å²) in [6.07, 6.45) is 1.58. The molecule has 0 aliphatic carbocycles. The van der Waals surface area contributed by atoms with Crippen LogP contribution in [0.3, 0.4) is 0 Å². The highest BCUT2D eigenvalue weighted by Crippen LogP contribution is 2.23. The molecule has 1 aromatic carbocycles. The topological polar surface area (TPSA) is 66.4 Å². The van der Waals surface area contributed by atoms with E-state index in [-0.39, 0.29) is 12.3 Å². The number of hydrogen-bond acceptors (Lipinski definition) is 2. The molecular formula is C13H15Cl2NO3.